The lowest BCUT2D eigenvalue weighted by molar-refractivity contribution is -0.385. The summed E-state index contributed by atoms with van der Waals surface area (Å²) in [5.74, 6) is 1.25. The highest BCUT2D eigenvalue weighted by molar-refractivity contribution is 8.14. The number of carbonyl (C=O) groups is 1. The molecule has 2 aromatic carbocycles. The fraction of sp³-hybridized carbons (Fsp3) is 0.300. The number of hydrogen-bond donors (Lipinski definition) is 0. The Kier molecular flexibility index (Phi) is 6.71. The monoisotopic (exact) mass is 415 g/mol. The van der Waals surface area contributed by atoms with Gasteiger partial charge in [-0.05, 0) is 36.8 Å². The summed E-state index contributed by atoms with van der Waals surface area (Å²) >= 11 is 1.51. The Hall–Kier alpha value is -3.07. The average Bonchev–Trinajstić information content (AvgIpc) is 3.15. The van der Waals surface area contributed by atoms with Crippen LogP contribution in [0.15, 0.2) is 53.5 Å². The number of nitro benzene ring substituents is 1. The summed E-state index contributed by atoms with van der Waals surface area (Å²) in [6, 6.07) is 13.3. The van der Waals surface area contributed by atoms with Crippen molar-refractivity contribution in [1.82, 2.24) is 4.90 Å². The second-order valence-electron chi connectivity index (χ2n) is 6.24. The van der Waals surface area contributed by atoms with E-state index in [0.29, 0.717) is 10.9 Å². The van der Waals surface area contributed by atoms with Crippen molar-refractivity contribution in [3.05, 3.63) is 58.6 Å². The van der Waals surface area contributed by atoms with Crippen molar-refractivity contribution < 1.29 is 19.2 Å². The first-order valence-electron chi connectivity index (χ1n) is 9.07. The molecule has 9 heteroatoms. The molecule has 1 atom stereocenters. The number of nitro groups is 1. The van der Waals surface area contributed by atoms with Crippen molar-refractivity contribution in [2.24, 2.45) is 4.99 Å². The highest BCUT2D eigenvalue weighted by Crippen LogP contribution is 2.30. The van der Waals surface area contributed by atoms with Gasteiger partial charge in [0.15, 0.2) is 17.5 Å². The Morgan fingerprint density at radius 1 is 1.28 bits per heavy atom. The van der Waals surface area contributed by atoms with E-state index in [1.807, 2.05) is 19.1 Å². The molecule has 3 rings (SSSR count). The van der Waals surface area contributed by atoms with Gasteiger partial charge in [0.1, 0.15) is 5.75 Å². The Bertz CT molecular complexity index is 917. The fourth-order valence-electron chi connectivity index (χ4n) is 2.87. The van der Waals surface area contributed by atoms with Crippen LogP contribution in [-0.2, 0) is 4.79 Å². The van der Waals surface area contributed by atoms with Gasteiger partial charge in [-0.15, -0.1) is 0 Å². The molecule has 1 aliphatic rings. The Labute approximate surface area is 172 Å². The molecule has 0 bridgehead atoms. The van der Waals surface area contributed by atoms with Crippen LogP contribution in [0.5, 0.6) is 11.5 Å². The normalized spacial score (nSPS) is 17.4. The Balaban J connectivity index is 1.77. The molecule has 0 aromatic heterocycles. The van der Waals surface area contributed by atoms with E-state index in [1.54, 1.807) is 36.3 Å². The first kappa shape index (κ1) is 20.7. The molecule has 1 fully saturated rings. The molecule has 1 amide bonds. The average molecular weight is 415 g/mol. The highest BCUT2D eigenvalue weighted by atomic mass is 32.2. The van der Waals surface area contributed by atoms with E-state index in [9.17, 15) is 14.9 Å². The molecule has 8 nitrogen and oxygen atoms in total. The van der Waals surface area contributed by atoms with Crippen LogP contribution in [-0.4, -0.2) is 46.4 Å². The minimum Gasteiger partial charge on any atom is -0.497 e. The van der Waals surface area contributed by atoms with Gasteiger partial charge in [0.05, 0.1) is 17.7 Å². The van der Waals surface area contributed by atoms with Crippen LogP contribution < -0.4 is 9.47 Å². The van der Waals surface area contributed by atoms with E-state index in [4.69, 9.17) is 9.47 Å². The Morgan fingerprint density at radius 3 is 2.66 bits per heavy atom. The highest BCUT2D eigenvalue weighted by Gasteiger charge is 2.34. The third-order valence-electron chi connectivity index (χ3n) is 4.43. The topological polar surface area (TPSA) is 94.3 Å². The van der Waals surface area contributed by atoms with E-state index in [-0.39, 0.29) is 30.0 Å². The number of aliphatic imine (C=N–C) groups is 1. The van der Waals surface area contributed by atoms with Crippen molar-refractivity contribution in [2.45, 2.75) is 19.4 Å². The van der Waals surface area contributed by atoms with Crippen LogP contribution in [0.1, 0.15) is 13.3 Å². The quantitative estimate of drug-likeness (QED) is 0.501. The van der Waals surface area contributed by atoms with Gasteiger partial charge in [-0.25, -0.2) is 4.99 Å². The van der Waals surface area contributed by atoms with E-state index in [1.165, 1.54) is 23.9 Å². The summed E-state index contributed by atoms with van der Waals surface area (Å²) < 4.78 is 10.6. The largest absolute Gasteiger partial charge is 0.497 e. The maximum Gasteiger partial charge on any atom is 0.310 e. The van der Waals surface area contributed by atoms with Gasteiger partial charge in [0.2, 0.25) is 0 Å². The Morgan fingerprint density at radius 2 is 2.00 bits per heavy atom. The molecule has 152 valence electrons. The smallest absolute Gasteiger partial charge is 0.310 e. The zero-order valence-corrected chi connectivity index (χ0v) is 16.9. The zero-order valence-electron chi connectivity index (χ0n) is 16.1. The van der Waals surface area contributed by atoms with Crippen LogP contribution in [0, 0.1) is 10.1 Å². The molecule has 0 spiro atoms. The number of amidine groups is 1. The summed E-state index contributed by atoms with van der Waals surface area (Å²) in [5.41, 5.74) is 0.540. The zero-order chi connectivity index (χ0) is 20.8. The molecule has 0 radical (unpaired) electrons. The lowest BCUT2D eigenvalue weighted by atomic mass is 10.2. The van der Waals surface area contributed by atoms with E-state index in [0.717, 1.165) is 17.9 Å². The molecule has 1 saturated heterocycles. The van der Waals surface area contributed by atoms with Crippen molar-refractivity contribution in [3.63, 3.8) is 0 Å². The van der Waals surface area contributed by atoms with Crippen molar-refractivity contribution in [3.8, 4) is 11.5 Å². The van der Waals surface area contributed by atoms with Gasteiger partial charge in [0.25, 0.3) is 5.91 Å². The number of ether oxygens (including phenoxy) is 2. The van der Waals surface area contributed by atoms with Crippen LogP contribution in [0.3, 0.4) is 0 Å². The van der Waals surface area contributed by atoms with Crippen LogP contribution >= 0.6 is 11.8 Å². The summed E-state index contributed by atoms with van der Waals surface area (Å²) in [6.07, 6.45) is 0.770. The second-order valence-corrected chi connectivity index (χ2v) is 7.23. The first-order valence-corrected chi connectivity index (χ1v) is 10.1. The number of amides is 1. The predicted molar refractivity (Wildman–Crippen MR) is 112 cm³/mol. The third-order valence-corrected chi connectivity index (χ3v) is 5.52. The van der Waals surface area contributed by atoms with Crippen molar-refractivity contribution >= 4 is 34.2 Å². The number of hydrogen-bond acceptors (Lipinski definition) is 7. The number of rotatable bonds is 7. The summed E-state index contributed by atoms with van der Waals surface area (Å²) in [5, 5.41) is 11.7. The summed E-state index contributed by atoms with van der Waals surface area (Å²) in [6.45, 7) is 1.70. The number of benzene rings is 2. The molecule has 0 saturated carbocycles. The minimum atomic E-state index is -0.531. The van der Waals surface area contributed by atoms with Crippen LogP contribution in [0.2, 0.25) is 0 Å². The maximum atomic E-state index is 12.9. The van der Waals surface area contributed by atoms with Gasteiger partial charge >= 0.3 is 5.69 Å². The second kappa shape index (κ2) is 9.42. The van der Waals surface area contributed by atoms with Crippen LogP contribution in [0.4, 0.5) is 11.4 Å². The first-order chi connectivity index (χ1) is 14.0. The standard InChI is InChI=1S/C20H21N3O5S/c1-3-15-13-29-20(21-14-8-10-16(27-2)11-9-14)22(15)19(24)12-28-18-7-5-4-6-17(18)23(25)26/h4-11,15H,3,12-13H2,1-2H3/t15-/m1/s1. The molecular formula is C20H21N3O5S. The maximum absolute atomic E-state index is 12.9. The van der Waals surface area contributed by atoms with Crippen LogP contribution in [0.25, 0.3) is 0 Å². The molecule has 1 heterocycles. The van der Waals surface area contributed by atoms with Crippen molar-refractivity contribution in [2.75, 3.05) is 19.5 Å². The van der Waals surface area contributed by atoms with Gasteiger partial charge in [-0.2, -0.15) is 0 Å². The SMILES string of the molecule is CC[C@@H]1CSC(=Nc2ccc(OC)cc2)N1C(=O)COc1ccccc1[N+](=O)[O-]. The molecule has 1 aliphatic heterocycles. The molecule has 0 N–H and O–H groups in total. The molecular weight excluding hydrogens is 394 g/mol. The predicted octanol–water partition coefficient (Wildman–Crippen LogP) is 4.02. The molecule has 0 unspecified atom stereocenters. The molecule has 29 heavy (non-hydrogen) atoms. The molecule has 0 aliphatic carbocycles. The van der Waals surface area contributed by atoms with Gasteiger partial charge in [-0.3, -0.25) is 19.8 Å². The number of para-hydroxylation sites is 2. The number of nitrogens with zero attached hydrogens (tertiary/aromatic N) is 3. The van der Waals surface area contributed by atoms with Crippen molar-refractivity contribution in [1.29, 1.82) is 0 Å². The van der Waals surface area contributed by atoms with E-state index >= 15 is 0 Å². The number of thioether (sulfide) groups is 1. The van der Waals surface area contributed by atoms with E-state index in [2.05, 4.69) is 4.99 Å². The summed E-state index contributed by atoms with van der Waals surface area (Å²) in [7, 11) is 1.59. The minimum absolute atomic E-state index is 0.00106. The lowest BCUT2D eigenvalue weighted by Gasteiger charge is -2.23. The third kappa shape index (κ3) is 4.86. The lowest BCUT2D eigenvalue weighted by Crippen LogP contribution is -2.41. The fourth-order valence-corrected chi connectivity index (χ4v) is 4.16. The molecule has 2 aromatic rings. The van der Waals surface area contributed by atoms with Gasteiger partial charge < -0.3 is 9.47 Å². The number of carbonyl (C=O) groups excluding carboxylic acids is 1. The van der Waals surface area contributed by atoms with Gasteiger partial charge in [0, 0.05) is 17.9 Å². The van der Waals surface area contributed by atoms with Gasteiger partial charge in [-0.1, -0.05) is 30.8 Å². The number of methoxy groups -OCH3 is 1. The summed E-state index contributed by atoms with van der Waals surface area (Å²) in [4.78, 5) is 29.7. The van der Waals surface area contributed by atoms with E-state index < -0.39 is 4.92 Å².